The molecule has 3 atom stereocenters. The first-order chi connectivity index (χ1) is 7.79. The molecule has 8 heteroatoms. The summed E-state index contributed by atoms with van der Waals surface area (Å²) in [7, 11) is 0. The smallest absolute Gasteiger partial charge is 0.325 e. The summed E-state index contributed by atoms with van der Waals surface area (Å²) in [6, 6.07) is -2.68. The zero-order chi connectivity index (χ0) is 13.6. The fourth-order valence-corrected chi connectivity index (χ4v) is 1.13. The SMILES string of the molecule is CC(N)C(=O)NC(CS)C(=O)NC(C)C(=O)O. The lowest BCUT2D eigenvalue weighted by Gasteiger charge is -2.19. The van der Waals surface area contributed by atoms with Crippen LogP contribution in [0.3, 0.4) is 0 Å². The van der Waals surface area contributed by atoms with E-state index in [1.165, 1.54) is 13.8 Å². The molecule has 0 aliphatic carbocycles. The summed E-state index contributed by atoms with van der Waals surface area (Å²) in [5.74, 6) is -2.21. The first kappa shape index (κ1) is 15.7. The Bertz CT molecular complexity index is 309. The Hall–Kier alpha value is -1.28. The highest BCUT2D eigenvalue weighted by molar-refractivity contribution is 7.80. The molecule has 98 valence electrons. The first-order valence-corrected chi connectivity index (χ1v) is 5.62. The van der Waals surface area contributed by atoms with Crippen LogP contribution >= 0.6 is 12.6 Å². The van der Waals surface area contributed by atoms with E-state index in [1.54, 1.807) is 0 Å². The number of rotatable bonds is 6. The van der Waals surface area contributed by atoms with Gasteiger partial charge in [-0.05, 0) is 13.8 Å². The average Bonchev–Trinajstić information content (AvgIpc) is 2.24. The number of aliphatic carboxylic acids is 1. The van der Waals surface area contributed by atoms with E-state index in [4.69, 9.17) is 10.8 Å². The van der Waals surface area contributed by atoms with Gasteiger partial charge in [-0.25, -0.2) is 0 Å². The predicted octanol–water partition coefficient (Wildman–Crippen LogP) is -1.66. The van der Waals surface area contributed by atoms with E-state index in [-0.39, 0.29) is 5.75 Å². The molecule has 0 spiro atoms. The lowest BCUT2D eigenvalue weighted by Crippen LogP contribution is -2.54. The number of carboxylic acids is 1. The molecule has 3 unspecified atom stereocenters. The van der Waals surface area contributed by atoms with Crippen LogP contribution in [0.15, 0.2) is 0 Å². The van der Waals surface area contributed by atoms with Crippen molar-refractivity contribution in [2.24, 2.45) is 5.73 Å². The normalized spacial score (nSPS) is 15.5. The molecule has 0 saturated carbocycles. The second-order valence-electron chi connectivity index (χ2n) is 3.60. The van der Waals surface area contributed by atoms with Crippen molar-refractivity contribution in [1.82, 2.24) is 10.6 Å². The number of carbonyl (C=O) groups is 3. The zero-order valence-corrected chi connectivity index (χ0v) is 10.5. The van der Waals surface area contributed by atoms with Gasteiger partial charge in [0.25, 0.3) is 0 Å². The van der Waals surface area contributed by atoms with Crippen LogP contribution in [0.2, 0.25) is 0 Å². The van der Waals surface area contributed by atoms with Crippen LogP contribution in [-0.2, 0) is 14.4 Å². The number of hydrogen-bond donors (Lipinski definition) is 5. The van der Waals surface area contributed by atoms with E-state index >= 15 is 0 Å². The van der Waals surface area contributed by atoms with Crippen LogP contribution in [0.4, 0.5) is 0 Å². The minimum Gasteiger partial charge on any atom is -0.480 e. The Balaban J connectivity index is 4.41. The molecule has 2 amide bonds. The Morgan fingerprint density at radius 3 is 2.12 bits per heavy atom. The standard InChI is InChI=1S/C9H17N3O4S/c1-4(10)7(13)12-6(3-17)8(14)11-5(2)9(15)16/h4-6,17H,3,10H2,1-2H3,(H,11,14)(H,12,13)(H,15,16). The number of hydrogen-bond acceptors (Lipinski definition) is 5. The fourth-order valence-electron chi connectivity index (χ4n) is 0.873. The van der Waals surface area contributed by atoms with Crippen molar-refractivity contribution in [3.05, 3.63) is 0 Å². The third-order valence-corrected chi connectivity index (χ3v) is 2.32. The summed E-state index contributed by atoms with van der Waals surface area (Å²) in [6.07, 6.45) is 0. The maximum absolute atomic E-state index is 11.6. The van der Waals surface area contributed by atoms with Gasteiger partial charge in [0.15, 0.2) is 0 Å². The summed E-state index contributed by atoms with van der Waals surface area (Å²) in [4.78, 5) is 33.4. The Kier molecular flexibility index (Phi) is 6.59. The molecule has 7 nitrogen and oxygen atoms in total. The van der Waals surface area contributed by atoms with Gasteiger partial charge >= 0.3 is 5.97 Å². The molecular formula is C9H17N3O4S. The predicted molar refractivity (Wildman–Crippen MR) is 64.7 cm³/mol. The molecule has 0 aromatic heterocycles. The molecule has 5 N–H and O–H groups in total. The average molecular weight is 263 g/mol. The van der Waals surface area contributed by atoms with Crippen LogP contribution < -0.4 is 16.4 Å². The number of amides is 2. The minimum absolute atomic E-state index is 0.0522. The van der Waals surface area contributed by atoms with Crippen LogP contribution in [0.5, 0.6) is 0 Å². The Morgan fingerprint density at radius 2 is 1.76 bits per heavy atom. The summed E-state index contributed by atoms with van der Waals surface area (Å²) < 4.78 is 0. The van der Waals surface area contributed by atoms with Crippen molar-refractivity contribution in [1.29, 1.82) is 0 Å². The van der Waals surface area contributed by atoms with E-state index in [9.17, 15) is 14.4 Å². The first-order valence-electron chi connectivity index (χ1n) is 4.99. The topological polar surface area (TPSA) is 122 Å². The van der Waals surface area contributed by atoms with E-state index in [0.717, 1.165) is 0 Å². The maximum atomic E-state index is 11.6. The largest absolute Gasteiger partial charge is 0.480 e. The lowest BCUT2D eigenvalue weighted by atomic mass is 10.2. The highest BCUT2D eigenvalue weighted by Gasteiger charge is 2.23. The molecule has 0 aromatic rings. The molecular weight excluding hydrogens is 246 g/mol. The van der Waals surface area contributed by atoms with E-state index in [0.29, 0.717) is 0 Å². The summed E-state index contributed by atoms with van der Waals surface area (Å²) >= 11 is 3.91. The van der Waals surface area contributed by atoms with Gasteiger partial charge in [0.05, 0.1) is 6.04 Å². The number of nitrogens with one attached hydrogen (secondary N) is 2. The summed E-state index contributed by atoms with van der Waals surface area (Å²) in [5, 5.41) is 13.2. The molecule has 0 saturated heterocycles. The second kappa shape index (κ2) is 7.13. The summed E-state index contributed by atoms with van der Waals surface area (Å²) in [5.41, 5.74) is 5.33. The molecule has 0 aliphatic rings. The van der Waals surface area contributed by atoms with Gasteiger partial charge in [0.1, 0.15) is 12.1 Å². The molecule has 0 aromatic carbocycles. The van der Waals surface area contributed by atoms with Gasteiger partial charge in [-0.1, -0.05) is 0 Å². The van der Waals surface area contributed by atoms with Crippen LogP contribution in [0, 0.1) is 0 Å². The van der Waals surface area contributed by atoms with Gasteiger partial charge in [0.2, 0.25) is 11.8 Å². The van der Waals surface area contributed by atoms with Crippen LogP contribution in [0.25, 0.3) is 0 Å². The van der Waals surface area contributed by atoms with Crippen molar-refractivity contribution in [3.63, 3.8) is 0 Å². The van der Waals surface area contributed by atoms with Crippen molar-refractivity contribution < 1.29 is 19.5 Å². The van der Waals surface area contributed by atoms with Gasteiger partial charge in [-0.2, -0.15) is 12.6 Å². The summed E-state index contributed by atoms with van der Waals surface area (Å²) in [6.45, 7) is 2.80. The quantitative estimate of drug-likeness (QED) is 0.367. The van der Waals surface area contributed by atoms with Crippen molar-refractivity contribution in [3.8, 4) is 0 Å². The number of carboxylic acid groups (broad SMARTS) is 1. The van der Waals surface area contributed by atoms with Gasteiger partial charge in [-0.15, -0.1) is 0 Å². The highest BCUT2D eigenvalue weighted by Crippen LogP contribution is 1.92. The monoisotopic (exact) mass is 263 g/mol. The molecule has 0 heterocycles. The minimum atomic E-state index is -1.16. The molecule has 0 radical (unpaired) electrons. The molecule has 0 fully saturated rings. The third-order valence-electron chi connectivity index (χ3n) is 1.96. The van der Waals surface area contributed by atoms with Crippen molar-refractivity contribution >= 4 is 30.4 Å². The number of carbonyl (C=O) groups excluding carboxylic acids is 2. The van der Waals surface area contributed by atoms with Crippen molar-refractivity contribution in [2.45, 2.75) is 32.0 Å². The molecule has 17 heavy (non-hydrogen) atoms. The number of nitrogens with two attached hydrogens (primary N) is 1. The van der Waals surface area contributed by atoms with Crippen molar-refractivity contribution in [2.75, 3.05) is 5.75 Å². The molecule has 0 rings (SSSR count). The van der Waals surface area contributed by atoms with E-state index in [1.807, 2.05) is 0 Å². The second-order valence-corrected chi connectivity index (χ2v) is 3.97. The Morgan fingerprint density at radius 1 is 1.24 bits per heavy atom. The van der Waals surface area contributed by atoms with Gasteiger partial charge in [0, 0.05) is 5.75 Å². The maximum Gasteiger partial charge on any atom is 0.325 e. The Labute approximate surface area is 105 Å². The fraction of sp³-hybridized carbons (Fsp3) is 0.667. The molecule has 0 aliphatic heterocycles. The van der Waals surface area contributed by atoms with Crippen LogP contribution in [-0.4, -0.2) is 46.8 Å². The number of thiol groups is 1. The van der Waals surface area contributed by atoms with Crippen LogP contribution in [0.1, 0.15) is 13.8 Å². The lowest BCUT2D eigenvalue weighted by molar-refractivity contribution is -0.141. The third kappa shape index (κ3) is 5.55. The van der Waals surface area contributed by atoms with E-state index < -0.39 is 35.9 Å². The molecule has 0 bridgehead atoms. The van der Waals surface area contributed by atoms with Gasteiger partial charge in [-0.3, -0.25) is 14.4 Å². The van der Waals surface area contributed by atoms with E-state index in [2.05, 4.69) is 23.3 Å². The zero-order valence-electron chi connectivity index (χ0n) is 9.64. The van der Waals surface area contributed by atoms with Gasteiger partial charge < -0.3 is 21.5 Å². The highest BCUT2D eigenvalue weighted by atomic mass is 32.1.